The molecule has 0 amide bonds. The van der Waals surface area contributed by atoms with Crippen LogP contribution in [0.2, 0.25) is 0 Å². The molecule has 0 atom stereocenters. The number of carbonyl (C=O) groups excluding carboxylic acids is 2. The Bertz CT molecular complexity index is 2410. The predicted molar refractivity (Wildman–Crippen MR) is 224 cm³/mol. The summed E-state index contributed by atoms with van der Waals surface area (Å²) in [6.07, 6.45) is 11.7. The maximum atomic E-state index is 12.7. The zero-order chi connectivity index (χ0) is 41.3. The maximum Gasteiger partial charge on any atom is 0.292 e. The van der Waals surface area contributed by atoms with E-state index in [4.69, 9.17) is 35.4 Å². The number of rotatable bonds is 20. The van der Waals surface area contributed by atoms with E-state index in [9.17, 15) is 9.59 Å². The van der Waals surface area contributed by atoms with E-state index in [1.54, 1.807) is 18.5 Å². The number of nitrogens with one attached hydrogen (secondary N) is 1. The summed E-state index contributed by atoms with van der Waals surface area (Å²) in [7, 11) is 0. The molecule has 2 aliphatic heterocycles. The van der Waals surface area contributed by atoms with Crippen LogP contribution in [-0.2, 0) is 33.8 Å². The molecule has 0 radical (unpaired) electrons. The van der Waals surface area contributed by atoms with Gasteiger partial charge >= 0.3 is 0 Å². The van der Waals surface area contributed by atoms with Crippen LogP contribution in [0.1, 0.15) is 66.6 Å². The van der Waals surface area contributed by atoms with Gasteiger partial charge in [0.15, 0.2) is 17.0 Å². The second-order valence-corrected chi connectivity index (χ2v) is 14.9. The Morgan fingerprint density at radius 2 is 1.58 bits per heavy atom. The van der Waals surface area contributed by atoms with Crippen LogP contribution >= 0.6 is 0 Å². The summed E-state index contributed by atoms with van der Waals surface area (Å²) in [5.74, 6) is 1.90. The van der Waals surface area contributed by atoms with Crippen LogP contribution in [0.25, 0.3) is 33.4 Å². The molecule has 19 heteroatoms. The molecule has 0 bridgehead atoms. The number of unbranched alkanes of at least 4 members (excludes halogenated alkanes) is 2. The number of ether oxygens (including phenoxy) is 2. The molecule has 0 saturated carbocycles. The highest BCUT2D eigenvalue weighted by Gasteiger charge is 2.23. The fraction of sp³-hybridized carbons (Fsp3) is 0.463. The number of nitrogens with two attached hydrogens (primary N) is 2. The van der Waals surface area contributed by atoms with E-state index in [-0.39, 0.29) is 17.6 Å². The first-order chi connectivity index (χ1) is 29.4. The van der Waals surface area contributed by atoms with Crippen LogP contribution in [0.4, 0.5) is 23.7 Å². The van der Waals surface area contributed by atoms with E-state index in [1.807, 2.05) is 23.0 Å². The number of carbonyl (C=O) groups is 2. The molecule has 0 unspecified atom stereocenters. The van der Waals surface area contributed by atoms with Crippen molar-refractivity contribution in [3.05, 3.63) is 59.9 Å². The molecule has 1 fully saturated rings. The van der Waals surface area contributed by atoms with Crippen molar-refractivity contribution >= 4 is 57.4 Å². The normalized spacial score (nSPS) is 14.3. The first kappa shape index (κ1) is 40.6. The minimum Gasteiger partial charge on any atom is -0.424 e. The number of anilines is 4. The van der Waals surface area contributed by atoms with Crippen molar-refractivity contribution in [2.45, 2.75) is 64.5 Å². The Kier molecular flexibility index (Phi) is 13.0. The smallest absolute Gasteiger partial charge is 0.292 e. The number of hydrogen-bond acceptors (Lipinski definition) is 18. The van der Waals surface area contributed by atoms with Gasteiger partial charge in [-0.25, -0.2) is 34.6 Å². The van der Waals surface area contributed by atoms with Gasteiger partial charge in [0.25, 0.3) is 6.01 Å². The van der Waals surface area contributed by atoms with Gasteiger partial charge in [-0.1, -0.05) is 6.42 Å². The highest BCUT2D eigenvalue weighted by atomic mass is 16.5. The molecule has 0 aliphatic carbocycles. The molecule has 5 aromatic heterocycles. The average molecular weight is 819 g/mol. The predicted octanol–water partition coefficient (Wildman–Crippen LogP) is 3.57. The van der Waals surface area contributed by atoms with Crippen LogP contribution in [0.5, 0.6) is 0 Å². The van der Waals surface area contributed by atoms with Gasteiger partial charge in [0, 0.05) is 108 Å². The van der Waals surface area contributed by atoms with Gasteiger partial charge in [0.2, 0.25) is 11.9 Å². The number of fused-ring (bicyclic) bond motifs is 3. The van der Waals surface area contributed by atoms with Crippen molar-refractivity contribution in [2.75, 3.05) is 80.4 Å². The van der Waals surface area contributed by atoms with Gasteiger partial charge in [-0.05, 0) is 37.5 Å². The minimum atomic E-state index is -0.0162. The highest BCUT2D eigenvalue weighted by molar-refractivity contribution is 5.99. The van der Waals surface area contributed by atoms with Crippen LogP contribution in [-0.4, -0.2) is 115 Å². The quantitative estimate of drug-likeness (QED) is 0.0736. The Morgan fingerprint density at radius 3 is 2.42 bits per heavy atom. The molecular weight excluding hydrogens is 769 g/mol. The standard InChI is InChI=1S/C41H50N14O5/c42-37-35-36(27-7-8-34-32(21-27)50-39(43)60-34)52-55(38(35)49-26-48-37)12-3-1-2-5-30(56)10-18-59-20-19-58-17-4-6-33(57)29-24-45-40(46-25-29)53-13-15-54(16-14-53)41-47-23-28-22-44-11-9-31(28)51-41/h7-8,21,23-26,44H,1-6,9-20,22H2,(H2,43,50)(H2,42,48,49). The third-order valence-corrected chi connectivity index (χ3v) is 10.8. The summed E-state index contributed by atoms with van der Waals surface area (Å²) in [6.45, 7) is 7.00. The largest absolute Gasteiger partial charge is 0.424 e. The van der Waals surface area contributed by atoms with Gasteiger partial charge in [0.1, 0.15) is 29.1 Å². The highest BCUT2D eigenvalue weighted by Crippen LogP contribution is 2.32. The van der Waals surface area contributed by atoms with Gasteiger partial charge in [-0.15, -0.1) is 0 Å². The Hall–Kier alpha value is -6.18. The van der Waals surface area contributed by atoms with E-state index >= 15 is 0 Å². The van der Waals surface area contributed by atoms with E-state index in [0.29, 0.717) is 104 Å². The molecule has 6 aromatic rings. The van der Waals surface area contributed by atoms with Crippen molar-refractivity contribution in [3.8, 4) is 11.3 Å². The lowest BCUT2D eigenvalue weighted by atomic mass is 10.1. The third kappa shape index (κ3) is 9.81. The number of aryl methyl sites for hydroxylation is 1. The van der Waals surface area contributed by atoms with Crippen molar-refractivity contribution in [1.29, 1.82) is 0 Å². The summed E-state index contributed by atoms with van der Waals surface area (Å²) in [5, 5.41) is 8.86. The SMILES string of the molecule is Nc1nc2cc(-c3nn(CCCCCC(=O)CCOCCOCCCC(=O)c4cnc(N5CCN(c6ncc7c(n6)CCNC7)CC5)nc4)c4ncnc(N)c34)ccc2o1. The molecule has 60 heavy (non-hydrogen) atoms. The fourth-order valence-electron chi connectivity index (χ4n) is 7.47. The molecule has 8 rings (SSSR count). The van der Waals surface area contributed by atoms with Crippen molar-refractivity contribution < 1.29 is 23.5 Å². The molecular formula is C41H50N14O5. The maximum absolute atomic E-state index is 12.7. The van der Waals surface area contributed by atoms with Gasteiger partial charge in [-0.2, -0.15) is 10.1 Å². The summed E-state index contributed by atoms with van der Waals surface area (Å²) < 4.78 is 18.5. The number of nitrogen functional groups attached to an aromatic ring is 2. The molecule has 5 N–H and O–H groups in total. The molecule has 2 aliphatic rings. The van der Waals surface area contributed by atoms with Crippen LogP contribution in [0, 0.1) is 0 Å². The summed E-state index contributed by atoms with van der Waals surface area (Å²) >= 11 is 0. The lowest BCUT2D eigenvalue weighted by molar-refractivity contribution is -0.120. The lowest BCUT2D eigenvalue weighted by Gasteiger charge is -2.35. The first-order valence-corrected chi connectivity index (χ1v) is 20.6. The van der Waals surface area contributed by atoms with Crippen molar-refractivity contribution in [1.82, 2.24) is 50.0 Å². The first-order valence-electron chi connectivity index (χ1n) is 20.6. The Balaban J connectivity index is 0.659. The van der Waals surface area contributed by atoms with E-state index < -0.39 is 0 Å². The monoisotopic (exact) mass is 818 g/mol. The second kappa shape index (κ2) is 19.3. The minimum absolute atomic E-state index is 0.0162. The third-order valence-electron chi connectivity index (χ3n) is 10.8. The number of aromatic nitrogens is 9. The zero-order valence-electron chi connectivity index (χ0n) is 33.6. The van der Waals surface area contributed by atoms with Crippen molar-refractivity contribution in [2.24, 2.45) is 0 Å². The molecule has 1 aromatic carbocycles. The lowest BCUT2D eigenvalue weighted by Crippen LogP contribution is -2.47. The fourth-order valence-corrected chi connectivity index (χ4v) is 7.47. The molecule has 314 valence electrons. The number of piperazine rings is 1. The second-order valence-electron chi connectivity index (χ2n) is 14.9. The molecule has 1 saturated heterocycles. The Labute approximate surface area is 346 Å². The number of ketones is 2. The number of Topliss-reactive ketones (excluding diaryl/α,β-unsaturated/α-hetero) is 2. The van der Waals surface area contributed by atoms with Crippen LogP contribution in [0.15, 0.2) is 47.5 Å². The summed E-state index contributed by atoms with van der Waals surface area (Å²) in [4.78, 5) is 60.8. The Morgan fingerprint density at radius 1 is 0.800 bits per heavy atom. The molecule has 0 spiro atoms. The number of benzene rings is 1. The van der Waals surface area contributed by atoms with Crippen molar-refractivity contribution in [3.63, 3.8) is 0 Å². The van der Waals surface area contributed by atoms with E-state index in [1.165, 1.54) is 11.9 Å². The van der Waals surface area contributed by atoms with Gasteiger partial charge < -0.3 is 40.5 Å². The topological polar surface area (TPSA) is 244 Å². The van der Waals surface area contributed by atoms with Crippen LogP contribution < -0.4 is 26.6 Å². The zero-order valence-corrected chi connectivity index (χ0v) is 33.6. The molecule has 7 heterocycles. The number of nitrogens with zero attached hydrogens (tertiary/aromatic N) is 11. The summed E-state index contributed by atoms with van der Waals surface area (Å²) in [6, 6.07) is 5.63. The van der Waals surface area contributed by atoms with E-state index in [2.05, 4.69) is 45.0 Å². The number of oxazole rings is 1. The van der Waals surface area contributed by atoms with E-state index in [0.717, 1.165) is 82.2 Å². The number of hydrogen-bond donors (Lipinski definition) is 3. The van der Waals surface area contributed by atoms with Gasteiger partial charge in [-0.3, -0.25) is 9.59 Å². The van der Waals surface area contributed by atoms with Crippen LogP contribution in [0.3, 0.4) is 0 Å². The average Bonchev–Trinajstić information content (AvgIpc) is 3.85. The molecule has 19 nitrogen and oxygen atoms in total. The van der Waals surface area contributed by atoms with Gasteiger partial charge in [0.05, 0.1) is 36.5 Å². The summed E-state index contributed by atoms with van der Waals surface area (Å²) in [5.41, 5.74) is 18.1.